The molecule has 2 rings (SSSR count). The summed E-state index contributed by atoms with van der Waals surface area (Å²) in [6.45, 7) is 5.70. The van der Waals surface area contributed by atoms with Crippen LogP contribution in [0.1, 0.15) is 43.4 Å². The van der Waals surface area contributed by atoms with E-state index in [1.807, 2.05) is 19.9 Å². The highest BCUT2D eigenvalue weighted by Crippen LogP contribution is 2.35. The lowest BCUT2D eigenvalue weighted by Crippen LogP contribution is -2.17. The molecule has 0 spiro atoms. The zero-order chi connectivity index (χ0) is 20.1. The molecule has 0 unspecified atom stereocenters. The zero-order valence-corrected chi connectivity index (χ0v) is 16.9. The van der Waals surface area contributed by atoms with Gasteiger partial charge in [-0.25, -0.2) is 4.39 Å². The van der Waals surface area contributed by atoms with Crippen LogP contribution in [0, 0.1) is 5.82 Å². The first-order valence-electron chi connectivity index (χ1n) is 8.62. The van der Waals surface area contributed by atoms with E-state index in [4.69, 9.17) is 27.9 Å². The van der Waals surface area contributed by atoms with E-state index < -0.39 is 11.8 Å². The first kappa shape index (κ1) is 21.3. The Bertz CT molecular complexity index is 840. The Balaban J connectivity index is 2.27. The number of hydrogen-bond donors (Lipinski definition) is 2. The van der Waals surface area contributed by atoms with Crippen molar-refractivity contribution in [2.24, 2.45) is 0 Å². The van der Waals surface area contributed by atoms with Crippen LogP contribution in [0.15, 0.2) is 24.3 Å². The predicted molar refractivity (Wildman–Crippen MR) is 107 cm³/mol. The molecule has 0 saturated heterocycles. The topological polar surface area (TPSA) is 58.6 Å². The summed E-state index contributed by atoms with van der Waals surface area (Å²) in [7, 11) is 0. The first-order chi connectivity index (χ1) is 12.7. The predicted octanol–water partition coefficient (Wildman–Crippen LogP) is 5.53. The number of esters is 1. The fraction of sp³-hybridized carbons (Fsp3) is 0.350. The third-order valence-corrected chi connectivity index (χ3v) is 4.81. The summed E-state index contributed by atoms with van der Waals surface area (Å²) in [4.78, 5) is 11.4. The number of phenols is 1. The van der Waals surface area contributed by atoms with E-state index in [-0.39, 0.29) is 40.6 Å². The van der Waals surface area contributed by atoms with Crippen LogP contribution in [0.3, 0.4) is 0 Å². The minimum absolute atomic E-state index is 0.0374. The lowest BCUT2D eigenvalue weighted by atomic mass is 9.96. The van der Waals surface area contributed by atoms with E-state index in [2.05, 4.69) is 5.32 Å². The van der Waals surface area contributed by atoms with Gasteiger partial charge >= 0.3 is 5.97 Å². The Hall–Kier alpha value is -1.98. The van der Waals surface area contributed by atoms with Crippen molar-refractivity contribution in [3.8, 4) is 5.75 Å². The molecule has 0 amide bonds. The van der Waals surface area contributed by atoms with Crippen molar-refractivity contribution in [3.05, 3.63) is 56.8 Å². The molecule has 0 atom stereocenters. The van der Waals surface area contributed by atoms with Crippen LogP contribution in [-0.4, -0.2) is 24.2 Å². The van der Waals surface area contributed by atoms with Crippen molar-refractivity contribution in [2.45, 2.75) is 33.1 Å². The number of phenolic OH excluding ortho intramolecular Hbond substituents is 1. The van der Waals surface area contributed by atoms with Gasteiger partial charge in [0, 0.05) is 11.4 Å². The molecule has 0 aliphatic carbocycles. The van der Waals surface area contributed by atoms with Gasteiger partial charge in [-0.3, -0.25) is 4.79 Å². The molecule has 0 bridgehead atoms. The lowest BCUT2D eigenvalue weighted by molar-refractivity contribution is -0.140. The second kappa shape index (κ2) is 9.29. The van der Waals surface area contributed by atoms with E-state index in [0.29, 0.717) is 12.0 Å². The summed E-state index contributed by atoms with van der Waals surface area (Å²) < 4.78 is 19.4. The summed E-state index contributed by atoms with van der Waals surface area (Å²) in [5.41, 5.74) is 2.13. The summed E-state index contributed by atoms with van der Waals surface area (Å²) in [5.74, 6) is -0.820. The van der Waals surface area contributed by atoms with Gasteiger partial charge < -0.3 is 15.2 Å². The Morgan fingerprint density at radius 3 is 2.63 bits per heavy atom. The largest absolute Gasteiger partial charge is 0.508 e. The SMILES string of the molecule is CCOC(=O)CNc1cc(Cl)c(Cc2ccc(O)c(C(C)C)c2)c(Cl)c1F. The minimum Gasteiger partial charge on any atom is -0.508 e. The number of rotatable bonds is 7. The van der Waals surface area contributed by atoms with Crippen molar-refractivity contribution in [3.63, 3.8) is 0 Å². The number of aromatic hydroxyl groups is 1. The van der Waals surface area contributed by atoms with Crippen LogP contribution in [0.2, 0.25) is 10.0 Å². The maximum atomic E-state index is 14.6. The number of anilines is 1. The number of carbonyl (C=O) groups is 1. The lowest BCUT2D eigenvalue weighted by Gasteiger charge is -2.15. The smallest absolute Gasteiger partial charge is 0.325 e. The molecule has 2 aromatic carbocycles. The van der Waals surface area contributed by atoms with E-state index in [9.17, 15) is 14.3 Å². The van der Waals surface area contributed by atoms with Crippen LogP contribution >= 0.6 is 23.2 Å². The van der Waals surface area contributed by atoms with Gasteiger partial charge in [-0.1, -0.05) is 49.2 Å². The zero-order valence-electron chi connectivity index (χ0n) is 15.4. The van der Waals surface area contributed by atoms with E-state index >= 15 is 0 Å². The molecule has 0 aliphatic heterocycles. The molecule has 2 N–H and O–H groups in total. The highest BCUT2D eigenvalue weighted by Gasteiger charge is 2.18. The number of benzene rings is 2. The summed E-state index contributed by atoms with van der Waals surface area (Å²) >= 11 is 12.5. The van der Waals surface area contributed by atoms with E-state index in [0.717, 1.165) is 11.1 Å². The maximum absolute atomic E-state index is 14.6. The van der Waals surface area contributed by atoms with Crippen LogP contribution in [-0.2, 0) is 16.0 Å². The second-order valence-corrected chi connectivity index (χ2v) is 7.18. The summed E-state index contributed by atoms with van der Waals surface area (Å²) in [6.07, 6.45) is 0.312. The van der Waals surface area contributed by atoms with Gasteiger partial charge in [-0.15, -0.1) is 0 Å². The van der Waals surface area contributed by atoms with Crippen molar-refractivity contribution in [1.29, 1.82) is 0 Å². The molecule has 0 fully saturated rings. The highest BCUT2D eigenvalue weighted by atomic mass is 35.5. The van der Waals surface area contributed by atoms with Crippen molar-refractivity contribution < 1.29 is 19.0 Å². The molecular formula is C20H22Cl2FNO3. The third-order valence-electron chi connectivity index (χ3n) is 4.08. The number of hydrogen-bond acceptors (Lipinski definition) is 4. The van der Waals surface area contributed by atoms with Gasteiger partial charge in [-0.2, -0.15) is 0 Å². The monoisotopic (exact) mass is 413 g/mol. The standard InChI is InChI=1S/C20H22Cl2FNO3/c1-4-27-18(26)10-24-16-9-15(21)14(19(22)20(16)23)8-12-5-6-17(25)13(7-12)11(2)3/h5-7,9,11,24-25H,4,8,10H2,1-3H3. The summed E-state index contributed by atoms with van der Waals surface area (Å²) in [5, 5.41) is 12.8. The Kier molecular flexibility index (Phi) is 7.33. The maximum Gasteiger partial charge on any atom is 0.325 e. The van der Waals surface area contributed by atoms with Gasteiger partial charge in [0.2, 0.25) is 0 Å². The molecule has 0 aliphatic rings. The number of ether oxygens (including phenoxy) is 1. The molecule has 2 aromatic rings. The van der Waals surface area contributed by atoms with Crippen molar-refractivity contribution in [2.75, 3.05) is 18.5 Å². The molecule has 0 aromatic heterocycles. The van der Waals surface area contributed by atoms with E-state index in [1.165, 1.54) is 6.07 Å². The average molecular weight is 414 g/mol. The molecule has 4 nitrogen and oxygen atoms in total. The highest BCUT2D eigenvalue weighted by molar-refractivity contribution is 6.36. The van der Waals surface area contributed by atoms with Gasteiger partial charge in [0.05, 0.1) is 17.3 Å². The Morgan fingerprint density at radius 2 is 2.00 bits per heavy atom. The van der Waals surface area contributed by atoms with Gasteiger partial charge in [-0.05, 0) is 41.7 Å². The van der Waals surface area contributed by atoms with Crippen LogP contribution < -0.4 is 5.32 Å². The normalized spacial score (nSPS) is 10.9. The minimum atomic E-state index is -0.678. The molecule has 7 heteroatoms. The molecule has 146 valence electrons. The van der Waals surface area contributed by atoms with Gasteiger partial charge in [0.25, 0.3) is 0 Å². The average Bonchev–Trinajstić information content (AvgIpc) is 2.62. The van der Waals surface area contributed by atoms with E-state index in [1.54, 1.807) is 19.1 Å². The molecule has 27 heavy (non-hydrogen) atoms. The fourth-order valence-electron chi connectivity index (χ4n) is 2.68. The molecule has 0 radical (unpaired) electrons. The van der Waals surface area contributed by atoms with Crippen molar-refractivity contribution >= 4 is 34.9 Å². The second-order valence-electron chi connectivity index (χ2n) is 6.40. The fourth-order valence-corrected chi connectivity index (χ4v) is 3.27. The first-order valence-corrected chi connectivity index (χ1v) is 9.37. The third kappa shape index (κ3) is 5.27. The summed E-state index contributed by atoms with van der Waals surface area (Å²) in [6, 6.07) is 6.62. The van der Waals surface area contributed by atoms with Crippen molar-refractivity contribution in [1.82, 2.24) is 0 Å². The van der Waals surface area contributed by atoms with Crippen LogP contribution in [0.25, 0.3) is 0 Å². The number of halogens is 3. The molecule has 0 heterocycles. The van der Waals surface area contributed by atoms with Gasteiger partial charge in [0.15, 0.2) is 5.82 Å². The van der Waals surface area contributed by atoms with Crippen LogP contribution in [0.4, 0.5) is 10.1 Å². The molecular weight excluding hydrogens is 392 g/mol. The Morgan fingerprint density at radius 1 is 1.30 bits per heavy atom. The van der Waals surface area contributed by atoms with Crippen LogP contribution in [0.5, 0.6) is 5.75 Å². The Labute approximate surface area is 168 Å². The quantitative estimate of drug-likeness (QED) is 0.462. The number of nitrogens with one attached hydrogen (secondary N) is 1. The number of carbonyl (C=O) groups excluding carboxylic acids is 1. The molecule has 0 saturated carbocycles. The van der Waals surface area contributed by atoms with Gasteiger partial charge in [0.1, 0.15) is 12.3 Å².